The van der Waals surface area contributed by atoms with E-state index in [-0.39, 0.29) is 6.42 Å². The second-order valence-electron chi connectivity index (χ2n) is 4.97. The first-order valence-corrected chi connectivity index (χ1v) is 7.28. The number of hydrogen-bond acceptors (Lipinski definition) is 3. The third-order valence-corrected chi connectivity index (χ3v) is 3.30. The van der Waals surface area contributed by atoms with Crippen LogP contribution in [-0.4, -0.2) is 18.5 Å². The molecule has 0 saturated carbocycles. The zero-order valence-electron chi connectivity index (χ0n) is 12.4. The number of ether oxygens (including phenoxy) is 1. The number of amides is 1. The number of esters is 1. The molecule has 0 heterocycles. The first-order valence-electron chi connectivity index (χ1n) is 6.90. The standard InChI is InChI=1S/C17H15ClFNO3/c1-11-7-13(18)5-6-15(11)20-16(21)10-23-17(22)9-12-3-2-4-14(19)8-12/h2-8H,9-10H2,1H3,(H,20,21). The lowest BCUT2D eigenvalue weighted by Crippen LogP contribution is -2.22. The zero-order chi connectivity index (χ0) is 16.8. The molecule has 0 saturated heterocycles. The van der Waals surface area contributed by atoms with Crippen molar-refractivity contribution in [2.45, 2.75) is 13.3 Å². The molecule has 0 aliphatic heterocycles. The highest BCUT2D eigenvalue weighted by Crippen LogP contribution is 2.19. The van der Waals surface area contributed by atoms with E-state index in [0.29, 0.717) is 16.3 Å². The summed E-state index contributed by atoms with van der Waals surface area (Å²) in [6.45, 7) is 1.40. The van der Waals surface area contributed by atoms with Crippen LogP contribution < -0.4 is 5.32 Å². The molecule has 0 aliphatic carbocycles. The molecule has 0 bridgehead atoms. The molecule has 0 fully saturated rings. The van der Waals surface area contributed by atoms with E-state index >= 15 is 0 Å². The summed E-state index contributed by atoms with van der Waals surface area (Å²) >= 11 is 5.84. The van der Waals surface area contributed by atoms with Crippen molar-refractivity contribution in [2.24, 2.45) is 0 Å². The highest BCUT2D eigenvalue weighted by atomic mass is 35.5. The van der Waals surface area contributed by atoms with Gasteiger partial charge in [-0.25, -0.2) is 4.39 Å². The van der Waals surface area contributed by atoms with Gasteiger partial charge in [0.2, 0.25) is 0 Å². The van der Waals surface area contributed by atoms with Crippen molar-refractivity contribution >= 4 is 29.2 Å². The highest BCUT2D eigenvalue weighted by Gasteiger charge is 2.10. The van der Waals surface area contributed by atoms with Crippen LogP contribution in [0.25, 0.3) is 0 Å². The third-order valence-electron chi connectivity index (χ3n) is 3.06. The number of anilines is 1. The predicted molar refractivity (Wildman–Crippen MR) is 85.9 cm³/mol. The maximum atomic E-state index is 13.0. The van der Waals surface area contributed by atoms with Crippen molar-refractivity contribution in [3.05, 3.63) is 64.4 Å². The quantitative estimate of drug-likeness (QED) is 0.851. The molecule has 1 N–H and O–H groups in total. The van der Waals surface area contributed by atoms with Gasteiger partial charge < -0.3 is 10.1 Å². The molecule has 1 amide bonds. The summed E-state index contributed by atoms with van der Waals surface area (Å²) in [7, 11) is 0. The topological polar surface area (TPSA) is 55.4 Å². The van der Waals surface area contributed by atoms with E-state index in [2.05, 4.69) is 5.32 Å². The monoisotopic (exact) mass is 335 g/mol. The molecule has 23 heavy (non-hydrogen) atoms. The van der Waals surface area contributed by atoms with E-state index in [9.17, 15) is 14.0 Å². The number of carbonyl (C=O) groups is 2. The summed E-state index contributed by atoms with van der Waals surface area (Å²) in [4.78, 5) is 23.4. The van der Waals surface area contributed by atoms with Crippen LogP contribution in [-0.2, 0) is 20.7 Å². The second kappa shape index (κ2) is 7.74. The van der Waals surface area contributed by atoms with Crippen molar-refractivity contribution in [3.8, 4) is 0 Å². The van der Waals surface area contributed by atoms with Crippen molar-refractivity contribution < 1.29 is 18.7 Å². The van der Waals surface area contributed by atoms with Crippen molar-refractivity contribution in [2.75, 3.05) is 11.9 Å². The third kappa shape index (κ3) is 5.38. The van der Waals surface area contributed by atoms with Crippen molar-refractivity contribution in [3.63, 3.8) is 0 Å². The molecule has 2 rings (SSSR count). The first-order chi connectivity index (χ1) is 10.9. The fraction of sp³-hybridized carbons (Fsp3) is 0.176. The fourth-order valence-corrected chi connectivity index (χ4v) is 2.19. The lowest BCUT2D eigenvalue weighted by atomic mass is 10.1. The van der Waals surface area contributed by atoms with Crippen LogP contribution in [0.2, 0.25) is 5.02 Å². The van der Waals surface area contributed by atoms with E-state index in [1.165, 1.54) is 18.2 Å². The summed E-state index contributed by atoms with van der Waals surface area (Å²) < 4.78 is 17.9. The minimum absolute atomic E-state index is 0.0922. The second-order valence-corrected chi connectivity index (χ2v) is 5.41. The van der Waals surface area contributed by atoms with E-state index < -0.39 is 24.3 Å². The zero-order valence-corrected chi connectivity index (χ0v) is 13.2. The Labute approximate surface area is 138 Å². The van der Waals surface area contributed by atoms with Crippen LogP contribution in [0.1, 0.15) is 11.1 Å². The lowest BCUT2D eigenvalue weighted by molar-refractivity contribution is -0.146. The molecule has 0 radical (unpaired) electrons. The Hall–Kier alpha value is -2.40. The van der Waals surface area contributed by atoms with E-state index in [1.54, 1.807) is 31.2 Å². The Morgan fingerprint density at radius 3 is 2.70 bits per heavy atom. The maximum absolute atomic E-state index is 13.0. The molecular weight excluding hydrogens is 321 g/mol. The summed E-state index contributed by atoms with van der Waals surface area (Å²) in [5.74, 6) is -1.48. The molecule has 120 valence electrons. The molecule has 0 aliphatic rings. The summed E-state index contributed by atoms with van der Waals surface area (Å²) in [5, 5.41) is 3.20. The molecule has 4 nitrogen and oxygen atoms in total. The predicted octanol–water partition coefficient (Wildman–Crippen LogP) is 3.51. The van der Waals surface area contributed by atoms with Crippen molar-refractivity contribution in [1.29, 1.82) is 0 Å². The van der Waals surface area contributed by atoms with Crippen LogP contribution >= 0.6 is 11.6 Å². The van der Waals surface area contributed by atoms with Gasteiger partial charge in [-0.05, 0) is 48.4 Å². The molecule has 0 unspecified atom stereocenters. The van der Waals surface area contributed by atoms with E-state index in [1.807, 2.05) is 0 Å². The minimum atomic E-state index is -0.599. The Morgan fingerprint density at radius 1 is 1.22 bits per heavy atom. The van der Waals surface area contributed by atoms with Gasteiger partial charge in [0.25, 0.3) is 5.91 Å². The molecule has 0 spiro atoms. The number of rotatable bonds is 5. The maximum Gasteiger partial charge on any atom is 0.310 e. The molecule has 0 atom stereocenters. The SMILES string of the molecule is Cc1cc(Cl)ccc1NC(=O)COC(=O)Cc1cccc(F)c1. The number of halogens is 2. The van der Waals surface area contributed by atoms with Gasteiger partial charge in [-0.2, -0.15) is 0 Å². The number of benzene rings is 2. The minimum Gasteiger partial charge on any atom is -0.455 e. The Kier molecular flexibility index (Phi) is 5.71. The fourth-order valence-electron chi connectivity index (χ4n) is 1.96. The Morgan fingerprint density at radius 2 is 2.00 bits per heavy atom. The largest absolute Gasteiger partial charge is 0.455 e. The van der Waals surface area contributed by atoms with E-state index in [0.717, 1.165) is 5.56 Å². The molecule has 0 aromatic heterocycles. The number of carbonyl (C=O) groups excluding carboxylic acids is 2. The Bertz CT molecular complexity index is 734. The van der Waals surface area contributed by atoms with Crippen LogP contribution in [0.5, 0.6) is 0 Å². The summed E-state index contributed by atoms with van der Waals surface area (Å²) in [6.07, 6.45) is -0.0922. The average Bonchev–Trinajstić information content (AvgIpc) is 2.48. The van der Waals surface area contributed by atoms with Crippen LogP contribution in [0, 0.1) is 12.7 Å². The Balaban J connectivity index is 1.83. The van der Waals surface area contributed by atoms with Gasteiger partial charge in [0.1, 0.15) is 5.82 Å². The lowest BCUT2D eigenvalue weighted by Gasteiger charge is -2.09. The van der Waals surface area contributed by atoms with Gasteiger partial charge in [0, 0.05) is 10.7 Å². The van der Waals surface area contributed by atoms with Gasteiger partial charge in [-0.15, -0.1) is 0 Å². The van der Waals surface area contributed by atoms with Crippen LogP contribution in [0.3, 0.4) is 0 Å². The van der Waals surface area contributed by atoms with Gasteiger partial charge >= 0.3 is 5.97 Å². The molecule has 2 aromatic carbocycles. The highest BCUT2D eigenvalue weighted by molar-refractivity contribution is 6.30. The average molecular weight is 336 g/mol. The molecule has 2 aromatic rings. The van der Waals surface area contributed by atoms with Gasteiger partial charge in [0.15, 0.2) is 6.61 Å². The summed E-state index contributed by atoms with van der Waals surface area (Å²) in [6, 6.07) is 10.7. The summed E-state index contributed by atoms with van der Waals surface area (Å²) in [5.41, 5.74) is 1.89. The number of aryl methyl sites for hydroxylation is 1. The molecule has 6 heteroatoms. The van der Waals surface area contributed by atoms with Gasteiger partial charge in [0.05, 0.1) is 6.42 Å². The molecular formula is C17H15ClFNO3. The van der Waals surface area contributed by atoms with Gasteiger partial charge in [-0.1, -0.05) is 23.7 Å². The number of nitrogens with one attached hydrogen (secondary N) is 1. The van der Waals surface area contributed by atoms with Crippen LogP contribution in [0.15, 0.2) is 42.5 Å². The number of hydrogen-bond donors (Lipinski definition) is 1. The van der Waals surface area contributed by atoms with Crippen molar-refractivity contribution in [1.82, 2.24) is 0 Å². The van der Waals surface area contributed by atoms with Gasteiger partial charge in [-0.3, -0.25) is 9.59 Å². The first kappa shape index (κ1) is 17.0. The smallest absolute Gasteiger partial charge is 0.310 e. The normalized spacial score (nSPS) is 10.2. The van der Waals surface area contributed by atoms with E-state index in [4.69, 9.17) is 16.3 Å². The van der Waals surface area contributed by atoms with Crippen LogP contribution in [0.4, 0.5) is 10.1 Å².